The Morgan fingerprint density at radius 1 is 1.42 bits per heavy atom. The van der Waals surface area contributed by atoms with E-state index in [1.165, 1.54) is 12.1 Å². The van der Waals surface area contributed by atoms with Crippen LogP contribution in [0.25, 0.3) is 0 Å². The molecule has 0 fully saturated rings. The van der Waals surface area contributed by atoms with E-state index in [9.17, 15) is 18.0 Å². The molecule has 1 unspecified atom stereocenters. The molecule has 19 heavy (non-hydrogen) atoms. The molecule has 5 N–H and O–H groups in total. The van der Waals surface area contributed by atoms with Gasteiger partial charge in [-0.05, 0) is 25.1 Å². The van der Waals surface area contributed by atoms with Crippen molar-refractivity contribution < 1.29 is 22.7 Å². The van der Waals surface area contributed by atoms with Crippen LogP contribution in [-0.2, 0) is 4.79 Å². The molecule has 1 rings (SSSR count). The Morgan fingerprint density at radius 2 is 2.11 bits per heavy atom. The van der Waals surface area contributed by atoms with Crippen LogP contribution in [-0.4, -0.2) is 24.9 Å². The largest absolute Gasteiger partial charge is 0.573 e. The molecule has 0 aliphatic rings. The van der Waals surface area contributed by atoms with Crippen LogP contribution in [0.4, 0.5) is 18.9 Å². The van der Waals surface area contributed by atoms with Crippen molar-refractivity contribution in [3.63, 3.8) is 0 Å². The van der Waals surface area contributed by atoms with Crippen molar-refractivity contribution in [3.05, 3.63) is 24.3 Å². The molecule has 0 bridgehead atoms. The Morgan fingerprint density at radius 3 is 2.68 bits per heavy atom. The number of hydrogen-bond acceptors (Lipinski definition) is 4. The van der Waals surface area contributed by atoms with E-state index in [4.69, 9.17) is 11.5 Å². The van der Waals surface area contributed by atoms with Gasteiger partial charge in [0.05, 0.1) is 6.04 Å². The molecular weight excluding hydrogens is 263 g/mol. The first-order valence-electron chi connectivity index (χ1n) is 5.44. The highest BCUT2D eigenvalue weighted by Gasteiger charge is 2.31. The van der Waals surface area contributed by atoms with Crippen LogP contribution in [0, 0.1) is 0 Å². The van der Waals surface area contributed by atoms with Gasteiger partial charge in [0, 0.05) is 11.8 Å². The van der Waals surface area contributed by atoms with Gasteiger partial charge >= 0.3 is 6.36 Å². The third-order valence-corrected chi connectivity index (χ3v) is 2.15. The Labute approximate surface area is 107 Å². The third kappa shape index (κ3) is 5.58. The molecule has 1 amide bonds. The van der Waals surface area contributed by atoms with Crippen LogP contribution >= 0.6 is 0 Å². The number of nitrogens with one attached hydrogen (secondary N) is 1. The summed E-state index contributed by atoms with van der Waals surface area (Å²) >= 11 is 0. The Hall–Kier alpha value is -1.80. The summed E-state index contributed by atoms with van der Waals surface area (Å²) in [6.07, 6.45) is -4.50. The average molecular weight is 277 g/mol. The highest BCUT2D eigenvalue weighted by molar-refractivity contribution is 5.94. The normalized spacial score (nSPS) is 12.9. The van der Waals surface area contributed by atoms with Crippen molar-refractivity contribution in [1.29, 1.82) is 0 Å². The quantitative estimate of drug-likeness (QED) is 0.754. The summed E-state index contributed by atoms with van der Waals surface area (Å²) in [5, 5.41) is 2.39. The van der Waals surface area contributed by atoms with Crippen molar-refractivity contribution in [3.8, 4) is 5.75 Å². The lowest BCUT2D eigenvalue weighted by Gasteiger charge is -2.13. The second-order valence-electron chi connectivity index (χ2n) is 3.75. The first kappa shape index (κ1) is 15.3. The molecule has 0 aliphatic carbocycles. The van der Waals surface area contributed by atoms with E-state index in [0.29, 0.717) is 0 Å². The van der Waals surface area contributed by atoms with Crippen LogP contribution in [0.1, 0.15) is 6.42 Å². The monoisotopic (exact) mass is 277 g/mol. The van der Waals surface area contributed by atoms with Crippen molar-refractivity contribution in [2.45, 2.75) is 18.8 Å². The molecule has 5 nitrogen and oxygen atoms in total. The Kier molecular flexibility index (Phi) is 5.13. The van der Waals surface area contributed by atoms with E-state index in [2.05, 4.69) is 10.1 Å². The second-order valence-corrected chi connectivity index (χ2v) is 3.75. The van der Waals surface area contributed by atoms with Crippen molar-refractivity contribution in [2.24, 2.45) is 11.5 Å². The third-order valence-electron chi connectivity index (χ3n) is 2.15. The Balaban J connectivity index is 2.69. The van der Waals surface area contributed by atoms with Crippen LogP contribution < -0.4 is 21.5 Å². The van der Waals surface area contributed by atoms with E-state index >= 15 is 0 Å². The van der Waals surface area contributed by atoms with Gasteiger partial charge in [0.25, 0.3) is 0 Å². The van der Waals surface area contributed by atoms with Crippen LogP contribution in [0.2, 0.25) is 0 Å². The minimum absolute atomic E-state index is 0.166. The first-order chi connectivity index (χ1) is 8.81. The number of anilines is 1. The summed E-state index contributed by atoms with van der Waals surface area (Å²) < 4.78 is 39.8. The summed E-state index contributed by atoms with van der Waals surface area (Å²) in [7, 11) is 0. The van der Waals surface area contributed by atoms with Crippen molar-refractivity contribution in [2.75, 3.05) is 11.9 Å². The van der Waals surface area contributed by atoms with Crippen LogP contribution in [0.15, 0.2) is 24.3 Å². The molecule has 0 spiro atoms. The minimum Gasteiger partial charge on any atom is -0.406 e. The lowest BCUT2D eigenvalue weighted by molar-refractivity contribution is -0.274. The maximum Gasteiger partial charge on any atom is 0.573 e. The van der Waals surface area contributed by atoms with Gasteiger partial charge in [0.1, 0.15) is 5.75 Å². The van der Waals surface area contributed by atoms with Gasteiger partial charge in [0.15, 0.2) is 0 Å². The number of ether oxygens (including phenoxy) is 1. The molecule has 1 aromatic carbocycles. The van der Waals surface area contributed by atoms with E-state index in [-0.39, 0.29) is 18.7 Å². The predicted octanol–water partition coefficient (Wildman–Crippen LogP) is 1.20. The fourth-order valence-corrected chi connectivity index (χ4v) is 1.32. The van der Waals surface area contributed by atoms with Crippen molar-refractivity contribution >= 4 is 11.6 Å². The molecular formula is C11H14F3N3O2. The molecule has 0 saturated carbocycles. The zero-order valence-corrected chi connectivity index (χ0v) is 9.91. The molecule has 1 aromatic rings. The number of carbonyl (C=O) groups is 1. The number of halogens is 3. The van der Waals surface area contributed by atoms with Gasteiger partial charge in [-0.25, -0.2) is 0 Å². The number of nitrogens with two attached hydrogens (primary N) is 2. The molecule has 0 aromatic heterocycles. The number of hydrogen-bond donors (Lipinski definition) is 3. The van der Waals surface area contributed by atoms with E-state index < -0.39 is 24.1 Å². The van der Waals surface area contributed by atoms with Gasteiger partial charge in [-0.3, -0.25) is 4.79 Å². The summed E-state index contributed by atoms with van der Waals surface area (Å²) in [5.74, 6) is -0.938. The summed E-state index contributed by atoms with van der Waals surface area (Å²) in [5.41, 5.74) is 10.9. The SMILES string of the molecule is NCCC(N)C(=O)Nc1cccc(OC(F)(F)F)c1. The molecule has 0 heterocycles. The molecule has 0 saturated heterocycles. The zero-order valence-electron chi connectivity index (χ0n) is 9.91. The smallest absolute Gasteiger partial charge is 0.406 e. The summed E-state index contributed by atoms with van der Waals surface area (Å²) in [6, 6.07) is 4.13. The van der Waals surface area contributed by atoms with Gasteiger partial charge in [-0.1, -0.05) is 6.07 Å². The Bertz CT molecular complexity index is 437. The van der Waals surface area contributed by atoms with Gasteiger partial charge in [-0.2, -0.15) is 0 Å². The summed E-state index contributed by atoms with van der Waals surface area (Å²) in [4.78, 5) is 11.5. The second kappa shape index (κ2) is 6.39. The maximum absolute atomic E-state index is 12.0. The van der Waals surface area contributed by atoms with Crippen LogP contribution in [0.3, 0.4) is 0 Å². The lowest BCUT2D eigenvalue weighted by atomic mass is 10.2. The highest BCUT2D eigenvalue weighted by Crippen LogP contribution is 2.25. The maximum atomic E-state index is 12.0. The number of benzene rings is 1. The average Bonchev–Trinajstić information content (AvgIpc) is 2.27. The topological polar surface area (TPSA) is 90.4 Å². The highest BCUT2D eigenvalue weighted by atomic mass is 19.4. The van der Waals surface area contributed by atoms with Gasteiger partial charge < -0.3 is 21.5 Å². The van der Waals surface area contributed by atoms with E-state index in [0.717, 1.165) is 12.1 Å². The minimum atomic E-state index is -4.78. The molecule has 1 atom stereocenters. The molecule has 8 heteroatoms. The zero-order chi connectivity index (χ0) is 14.5. The molecule has 0 radical (unpaired) electrons. The lowest BCUT2D eigenvalue weighted by Crippen LogP contribution is -2.37. The molecule has 106 valence electrons. The fourth-order valence-electron chi connectivity index (χ4n) is 1.32. The van der Waals surface area contributed by atoms with Gasteiger partial charge in [0.2, 0.25) is 5.91 Å². The van der Waals surface area contributed by atoms with Crippen molar-refractivity contribution in [1.82, 2.24) is 0 Å². The summed E-state index contributed by atoms with van der Waals surface area (Å²) in [6.45, 7) is 0.242. The molecule has 0 aliphatic heterocycles. The fraction of sp³-hybridized carbons (Fsp3) is 0.364. The first-order valence-corrected chi connectivity index (χ1v) is 5.44. The standard InChI is InChI=1S/C11H14F3N3O2/c12-11(13,14)19-8-3-1-2-7(6-8)17-10(18)9(16)4-5-15/h1-3,6,9H,4-5,15-16H2,(H,17,18). The predicted molar refractivity (Wildman–Crippen MR) is 63.4 cm³/mol. The number of alkyl halides is 3. The van der Waals surface area contributed by atoms with E-state index in [1.807, 2.05) is 0 Å². The number of amides is 1. The van der Waals surface area contributed by atoms with Gasteiger partial charge in [-0.15, -0.1) is 13.2 Å². The number of rotatable bonds is 5. The van der Waals surface area contributed by atoms with E-state index in [1.54, 1.807) is 0 Å². The van der Waals surface area contributed by atoms with Crippen LogP contribution in [0.5, 0.6) is 5.75 Å². The number of carbonyl (C=O) groups excluding carboxylic acids is 1.